The van der Waals surface area contributed by atoms with E-state index >= 15 is 0 Å². The molecule has 0 unspecified atom stereocenters. The van der Waals surface area contributed by atoms with Crippen LogP contribution in [0.2, 0.25) is 0 Å². The summed E-state index contributed by atoms with van der Waals surface area (Å²) >= 11 is 0. The number of aromatic nitrogens is 2. The molecule has 0 amide bonds. The molecule has 1 heterocycles. The fourth-order valence-corrected chi connectivity index (χ4v) is 2.67. The van der Waals surface area contributed by atoms with Crippen LogP contribution in [0.25, 0.3) is 0 Å². The number of benzene rings is 1. The van der Waals surface area contributed by atoms with E-state index in [0.29, 0.717) is 4.57 Å². The Hall–Kier alpha value is -2.89. The molecule has 6 nitrogen and oxygen atoms in total. The van der Waals surface area contributed by atoms with Crippen LogP contribution in [0.5, 0.6) is 0 Å². The zero-order valence-corrected chi connectivity index (χ0v) is 15.8. The first-order valence-corrected chi connectivity index (χ1v) is 8.33. The second kappa shape index (κ2) is 7.15. The van der Waals surface area contributed by atoms with Crippen molar-refractivity contribution in [3.63, 3.8) is 0 Å². The van der Waals surface area contributed by atoms with Gasteiger partial charge in [-0.05, 0) is 45.7 Å². The Morgan fingerprint density at radius 2 is 1.77 bits per heavy atom. The maximum atomic E-state index is 12.9. The summed E-state index contributed by atoms with van der Waals surface area (Å²) in [5.74, 6) is 0. The Kier molecular flexibility index (Phi) is 5.35. The number of rotatable bonds is 3. The van der Waals surface area contributed by atoms with E-state index in [-0.39, 0.29) is 5.56 Å². The van der Waals surface area contributed by atoms with Crippen molar-refractivity contribution in [2.45, 2.75) is 46.3 Å². The number of hydrogen-bond donors (Lipinski definition) is 0. The average Bonchev–Trinajstić information content (AvgIpc) is 2.53. The molecule has 0 fully saturated rings. The van der Waals surface area contributed by atoms with Gasteiger partial charge < -0.3 is 4.74 Å². The Labute approximate surface area is 152 Å². The molecule has 0 N–H and O–H groups in total. The smallest absolute Gasteiger partial charge is 0.425 e. The Morgan fingerprint density at radius 3 is 2.31 bits per heavy atom. The van der Waals surface area contributed by atoms with Gasteiger partial charge in [-0.1, -0.05) is 30.3 Å². The van der Waals surface area contributed by atoms with Crippen LogP contribution in [0, 0.1) is 13.8 Å². The molecule has 2 rings (SSSR count). The lowest BCUT2D eigenvalue weighted by Crippen LogP contribution is -2.47. The van der Waals surface area contributed by atoms with Crippen molar-refractivity contribution in [2.75, 3.05) is 0 Å². The Morgan fingerprint density at radius 1 is 1.15 bits per heavy atom. The molecule has 0 aliphatic heterocycles. The lowest BCUT2D eigenvalue weighted by Gasteiger charge is -2.22. The van der Waals surface area contributed by atoms with Crippen LogP contribution in [0.1, 0.15) is 43.5 Å². The minimum absolute atomic E-state index is 0.260. The third-order valence-electron chi connectivity index (χ3n) is 3.89. The van der Waals surface area contributed by atoms with Crippen LogP contribution in [-0.4, -0.2) is 20.8 Å². The number of allylic oxidation sites excluding steroid dienone is 1. The molecule has 0 saturated carbocycles. The van der Waals surface area contributed by atoms with Gasteiger partial charge in [-0.2, -0.15) is 4.57 Å². The molecular formula is C20H24N2O4. The summed E-state index contributed by atoms with van der Waals surface area (Å²) in [6, 6.07) is 7.05. The summed E-state index contributed by atoms with van der Waals surface area (Å²) in [7, 11) is 0. The predicted molar refractivity (Wildman–Crippen MR) is 101 cm³/mol. The van der Waals surface area contributed by atoms with Crippen LogP contribution in [0.15, 0.2) is 52.7 Å². The Balaban J connectivity index is 2.70. The van der Waals surface area contributed by atoms with Crippen molar-refractivity contribution in [1.82, 2.24) is 9.13 Å². The minimum Gasteiger partial charge on any atom is -0.443 e. The van der Waals surface area contributed by atoms with Gasteiger partial charge in [-0.3, -0.25) is 9.36 Å². The minimum atomic E-state index is -0.988. The highest BCUT2D eigenvalue weighted by molar-refractivity contribution is 5.70. The van der Waals surface area contributed by atoms with Crippen LogP contribution >= 0.6 is 0 Å². The van der Waals surface area contributed by atoms with E-state index in [1.54, 1.807) is 33.8 Å². The molecule has 1 atom stereocenters. The topological polar surface area (TPSA) is 70.3 Å². The zero-order valence-electron chi connectivity index (χ0n) is 15.8. The maximum absolute atomic E-state index is 12.9. The van der Waals surface area contributed by atoms with Crippen molar-refractivity contribution < 1.29 is 9.53 Å². The van der Waals surface area contributed by atoms with E-state index in [1.807, 2.05) is 31.2 Å². The quantitative estimate of drug-likeness (QED) is 0.792. The van der Waals surface area contributed by atoms with Crippen molar-refractivity contribution >= 4 is 6.09 Å². The number of nitrogens with zero attached hydrogens (tertiary/aromatic N) is 2. The SMILES string of the molecule is C=C[C@@H](c1ccccc1C)n1cc(C)c(=O)n(C(=O)OC(C)(C)C)c1=O. The van der Waals surface area contributed by atoms with Gasteiger partial charge in [0.05, 0.1) is 6.04 Å². The second-order valence-corrected chi connectivity index (χ2v) is 7.16. The summed E-state index contributed by atoms with van der Waals surface area (Å²) in [4.78, 5) is 37.8. The molecule has 0 saturated heterocycles. The van der Waals surface area contributed by atoms with Gasteiger partial charge in [0.25, 0.3) is 5.56 Å². The van der Waals surface area contributed by atoms with E-state index in [1.165, 1.54) is 10.8 Å². The first kappa shape index (κ1) is 19.4. The van der Waals surface area contributed by atoms with Gasteiger partial charge in [0, 0.05) is 11.8 Å². The van der Waals surface area contributed by atoms with E-state index in [4.69, 9.17) is 4.74 Å². The van der Waals surface area contributed by atoms with Gasteiger partial charge in [0.2, 0.25) is 0 Å². The third kappa shape index (κ3) is 3.85. The Bertz CT molecular complexity index is 961. The molecule has 0 aliphatic carbocycles. The molecule has 26 heavy (non-hydrogen) atoms. The largest absolute Gasteiger partial charge is 0.443 e. The van der Waals surface area contributed by atoms with E-state index in [0.717, 1.165) is 11.1 Å². The molecule has 0 aliphatic rings. The summed E-state index contributed by atoms with van der Waals surface area (Å²) in [6.45, 7) is 12.3. The van der Waals surface area contributed by atoms with Crippen molar-refractivity contribution in [2.24, 2.45) is 0 Å². The second-order valence-electron chi connectivity index (χ2n) is 7.16. The number of carbonyl (C=O) groups is 1. The van der Waals surface area contributed by atoms with E-state index in [2.05, 4.69) is 6.58 Å². The van der Waals surface area contributed by atoms with Gasteiger partial charge in [0.1, 0.15) is 5.60 Å². The normalized spacial score (nSPS) is 12.5. The van der Waals surface area contributed by atoms with Crippen LogP contribution in [0.4, 0.5) is 4.79 Å². The highest BCUT2D eigenvalue weighted by Gasteiger charge is 2.24. The third-order valence-corrected chi connectivity index (χ3v) is 3.89. The number of ether oxygens (including phenoxy) is 1. The molecule has 0 radical (unpaired) electrons. The average molecular weight is 356 g/mol. The van der Waals surface area contributed by atoms with E-state index in [9.17, 15) is 14.4 Å². The maximum Gasteiger partial charge on any atom is 0.425 e. The summed E-state index contributed by atoms with van der Waals surface area (Å²) < 4.78 is 7.09. The highest BCUT2D eigenvalue weighted by atomic mass is 16.6. The molecular weight excluding hydrogens is 332 g/mol. The lowest BCUT2D eigenvalue weighted by atomic mass is 10.0. The molecule has 0 spiro atoms. The van der Waals surface area contributed by atoms with Gasteiger partial charge in [0.15, 0.2) is 0 Å². The standard InChI is InChI=1S/C20H24N2O4/c1-7-16(15-11-9-8-10-13(15)2)21-12-14(3)17(23)22(18(21)24)19(25)26-20(4,5)6/h7-12,16H,1H2,2-6H3/t16-/m0/s1. The fourth-order valence-electron chi connectivity index (χ4n) is 2.67. The van der Waals surface area contributed by atoms with E-state index < -0.39 is 29.0 Å². The number of aryl methyl sites for hydroxylation is 2. The lowest BCUT2D eigenvalue weighted by molar-refractivity contribution is 0.0519. The predicted octanol–water partition coefficient (Wildman–Crippen LogP) is 3.19. The summed E-state index contributed by atoms with van der Waals surface area (Å²) in [5, 5.41) is 0. The molecule has 6 heteroatoms. The van der Waals surface area contributed by atoms with Crippen molar-refractivity contribution in [3.05, 3.63) is 80.6 Å². The molecule has 138 valence electrons. The molecule has 2 aromatic rings. The zero-order chi connectivity index (χ0) is 19.6. The highest BCUT2D eigenvalue weighted by Crippen LogP contribution is 2.21. The van der Waals surface area contributed by atoms with Gasteiger partial charge in [-0.15, -0.1) is 6.58 Å². The van der Waals surface area contributed by atoms with Crippen molar-refractivity contribution in [3.8, 4) is 0 Å². The first-order valence-electron chi connectivity index (χ1n) is 8.33. The molecule has 1 aromatic heterocycles. The van der Waals surface area contributed by atoms with Crippen LogP contribution in [-0.2, 0) is 4.74 Å². The van der Waals surface area contributed by atoms with Crippen LogP contribution in [0.3, 0.4) is 0 Å². The molecule has 1 aromatic carbocycles. The molecule has 0 bridgehead atoms. The summed E-state index contributed by atoms with van der Waals surface area (Å²) in [5.41, 5.74) is -0.187. The van der Waals surface area contributed by atoms with Gasteiger partial charge >= 0.3 is 11.8 Å². The van der Waals surface area contributed by atoms with Gasteiger partial charge in [-0.25, -0.2) is 9.59 Å². The monoisotopic (exact) mass is 356 g/mol. The summed E-state index contributed by atoms with van der Waals surface area (Å²) in [6.07, 6.45) is 2.06. The fraction of sp³-hybridized carbons (Fsp3) is 0.350. The number of carbonyl (C=O) groups excluding carboxylic acids is 1. The first-order chi connectivity index (χ1) is 12.1. The number of hydrogen-bond acceptors (Lipinski definition) is 4. The van der Waals surface area contributed by atoms with Crippen molar-refractivity contribution in [1.29, 1.82) is 0 Å². The van der Waals surface area contributed by atoms with Crippen LogP contribution < -0.4 is 11.2 Å².